The van der Waals surface area contributed by atoms with Crippen LogP contribution in [0.3, 0.4) is 0 Å². The van der Waals surface area contributed by atoms with Gasteiger partial charge in [-0.25, -0.2) is 4.90 Å². The van der Waals surface area contributed by atoms with Gasteiger partial charge in [-0.05, 0) is 42.5 Å². The molecule has 3 aromatic rings. The molecule has 0 aromatic heterocycles. The SMILES string of the molecule is O=C1CC(=O)N(c2ccccc2)c2cc(Br)ccc2N1C(=O)c1ccccc1. The van der Waals surface area contributed by atoms with Crippen LogP contribution in [0, 0.1) is 0 Å². The zero-order chi connectivity index (χ0) is 19.7. The number of hydrogen-bond donors (Lipinski definition) is 0. The van der Waals surface area contributed by atoms with E-state index < -0.39 is 18.2 Å². The van der Waals surface area contributed by atoms with E-state index in [9.17, 15) is 14.4 Å². The van der Waals surface area contributed by atoms with Gasteiger partial charge < -0.3 is 0 Å². The predicted molar refractivity (Wildman–Crippen MR) is 111 cm³/mol. The minimum atomic E-state index is -0.555. The van der Waals surface area contributed by atoms with Gasteiger partial charge in [0.15, 0.2) is 0 Å². The second-order valence-electron chi connectivity index (χ2n) is 6.27. The van der Waals surface area contributed by atoms with Crippen molar-refractivity contribution in [3.63, 3.8) is 0 Å². The second-order valence-corrected chi connectivity index (χ2v) is 7.19. The van der Waals surface area contributed by atoms with E-state index >= 15 is 0 Å². The third-order valence-corrected chi connectivity index (χ3v) is 4.95. The Morgan fingerprint density at radius 1 is 0.786 bits per heavy atom. The summed E-state index contributed by atoms with van der Waals surface area (Å²) < 4.78 is 0.737. The largest absolute Gasteiger partial charge is 0.278 e. The highest BCUT2D eigenvalue weighted by Crippen LogP contribution is 2.40. The molecule has 28 heavy (non-hydrogen) atoms. The van der Waals surface area contributed by atoms with E-state index in [2.05, 4.69) is 15.9 Å². The molecule has 1 aliphatic heterocycles. The Balaban J connectivity index is 1.91. The fraction of sp³-hybridized carbons (Fsp3) is 0.0455. The quantitative estimate of drug-likeness (QED) is 0.434. The summed E-state index contributed by atoms with van der Waals surface area (Å²) in [5.74, 6) is -1.41. The first-order chi connectivity index (χ1) is 13.6. The highest BCUT2D eigenvalue weighted by molar-refractivity contribution is 9.10. The van der Waals surface area contributed by atoms with Gasteiger partial charge in [0.25, 0.3) is 5.91 Å². The van der Waals surface area contributed by atoms with Crippen LogP contribution in [0.2, 0.25) is 0 Å². The fourth-order valence-corrected chi connectivity index (χ4v) is 3.56. The Morgan fingerprint density at radius 3 is 2.11 bits per heavy atom. The molecule has 0 aliphatic carbocycles. The monoisotopic (exact) mass is 434 g/mol. The average molecular weight is 435 g/mol. The molecular formula is C22H15BrN2O3. The van der Waals surface area contributed by atoms with Crippen LogP contribution in [0.25, 0.3) is 0 Å². The van der Waals surface area contributed by atoms with Crippen molar-refractivity contribution in [1.82, 2.24) is 0 Å². The third-order valence-electron chi connectivity index (χ3n) is 4.46. The van der Waals surface area contributed by atoms with Crippen molar-refractivity contribution < 1.29 is 14.4 Å². The molecule has 0 radical (unpaired) electrons. The van der Waals surface area contributed by atoms with E-state index in [-0.39, 0.29) is 5.91 Å². The van der Waals surface area contributed by atoms with E-state index in [1.165, 1.54) is 4.90 Å². The molecule has 0 bridgehead atoms. The van der Waals surface area contributed by atoms with Crippen LogP contribution in [-0.4, -0.2) is 17.7 Å². The summed E-state index contributed by atoms with van der Waals surface area (Å²) in [6.45, 7) is 0. The molecule has 138 valence electrons. The summed E-state index contributed by atoms with van der Waals surface area (Å²) >= 11 is 3.43. The van der Waals surface area contributed by atoms with Gasteiger partial charge in [-0.3, -0.25) is 19.3 Å². The molecule has 1 heterocycles. The van der Waals surface area contributed by atoms with E-state index in [4.69, 9.17) is 0 Å². The fourth-order valence-electron chi connectivity index (χ4n) is 3.21. The number of hydrogen-bond acceptors (Lipinski definition) is 3. The van der Waals surface area contributed by atoms with Crippen LogP contribution in [0.15, 0.2) is 83.3 Å². The average Bonchev–Trinajstić information content (AvgIpc) is 2.81. The molecule has 0 saturated heterocycles. The third kappa shape index (κ3) is 3.23. The molecule has 6 heteroatoms. The Hall–Kier alpha value is -3.25. The van der Waals surface area contributed by atoms with Crippen LogP contribution in [0.1, 0.15) is 16.8 Å². The zero-order valence-electron chi connectivity index (χ0n) is 14.7. The number of carbonyl (C=O) groups excluding carboxylic acids is 3. The van der Waals surface area contributed by atoms with Gasteiger partial charge in [0, 0.05) is 15.7 Å². The smallest absolute Gasteiger partial charge is 0.265 e. The summed E-state index contributed by atoms with van der Waals surface area (Å²) in [4.78, 5) is 41.6. The molecule has 0 fully saturated rings. The summed E-state index contributed by atoms with van der Waals surface area (Å²) in [6.07, 6.45) is -0.403. The first-order valence-electron chi connectivity index (χ1n) is 8.66. The highest BCUT2D eigenvalue weighted by atomic mass is 79.9. The highest BCUT2D eigenvalue weighted by Gasteiger charge is 2.36. The van der Waals surface area contributed by atoms with Crippen LogP contribution < -0.4 is 9.80 Å². The van der Waals surface area contributed by atoms with Crippen LogP contribution >= 0.6 is 15.9 Å². The molecule has 0 unspecified atom stereocenters. The summed E-state index contributed by atoms with van der Waals surface area (Å²) in [5, 5.41) is 0. The molecule has 4 rings (SSSR count). The maximum atomic E-state index is 13.1. The Kier molecular flexibility index (Phi) is 4.79. The van der Waals surface area contributed by atoms with E-state index in [1.54, 1.807) is 60.7 Å². The van der Waals surface area contributed by atoms with Crippen molar-refractivity contribution in [1.29, 1.82) is 0 Å². The number of rotatable bonds is 2. The van der Waals surface area contributed by atoms with Crippen LogP contribution in [0.4, 0.5) is 17.1 Å². The number of para-hydroxylation sites is 1. The van der Waals surface area contributed by atoms with E-state index in [0.29, 0.717) is 22.6 Å². The Labute approximate surface area is 170 Å². The van der Waals surface area contributed by atoms with Crippen molar-refractivity contribution in [2.75, 3.05) is 9.80 Å². The van der Waals surface area contributed by atoms with Crippen LogP contribution in [0.5, 0.6) is 0 Å². The lowest BCUT2D eigenvalue weighted by Crippen LogP contribution is -2.37. The molecule has 3 amide bonds. The number of benzene rings is 3. The van der Waals surface area contributed by atoms with Crippen molar-refractivity contribution >= 4 is 50.7 Å². The standard InChI is InChI=1S/C22H15BrN2O3/c23-16-11-12-18-19(13-16)24(17-9-5-2-6-10-17)20(26)14-21(27)25(18)22(28)15-7-3-1-4-8-15/h1-13H,14H2. The lowest BCUT2D eigenvalue weighted by molar-refractivity contribution is -0.125. The zero-order valence-corrected chi connectivity index (χ0v) is 16.3. The molecule has 1 aliphatic rings. The Morgan fingerprint density at radius 2 is 1.43 bits per heavy atom. The number of imide groups is 1. The van der Waals surface area contributed by atoms with Crippen molar-refractivity contribution in [2.24, 2.45) is 0 Å². The van der Waals surface area contributed by atoms with Crippen molar-refractivity contribution in [3.05, 3.63) is 88.9 Å². The number of anilines is 3. The lowest BCUT2D eigenvalue weighted by atomic mass is 10.1. The maximum Gasteiger partial charge on any atom is 0.265 e. The van der Waals surface area contributed by atoms with Gasteiger partial charge in [0.05, 0.1) is 11.4 Å². The van der Waals surface area contributed by atoms with Crippen molar-refractivity contribution in [3.8, 4) is 0 Å². The topological polar surface area (TPSA) is 57.7 Å². The van der Waals surface area contributed by atoms with E-state index in [1.807, 2.05) is 18.2 Å². The second kappa shape index (κ2) is 7.40. The molecule has 0 N–H and O–H groups in total. The predicted octanol–water partition coefficient (Wildman–Crippen LogP) is 4.69. The molecule has 0 saturated carbocycles. The normalized spacial score (nSPS) is 13.9. The number of fused-ring (bicyclic) bond motifs is 1. The number of nitrogens with zero attached hydrogens (tertiary/aromatic N) is 2. The summed E-state index contributed by atoms with van der Waals surface area (Å²) in [7, 11) is 0. The number of halogens is 1. The van der Waals surface area contributed by atoms with Gasteiger partial charge in [-0.15, -0.1) is 0 Å². The van der Waals surface area contributed by atoms with Crippen LogP contribution in [-0.2, 0) is 9.59 Å². The van der Waals surface area contributed by atoms with Crippen molar-refractivity contribution in [2.45, 2.75) is 6.42 Å². The minimum Gasteiger partial charge on any atom is -0.278 e. The number of carbonyl (C=O) groups is 3. The molecule has 0 atom stereocenters. The lowest BCUT2D eigenvalue weighted by Gasteiger charge is -2.25. The maximum absolute atomic E-state index is 13.1. The summed E-state index contributed by atoms with van der Waals surface area (Å²) in [6, 6.07) is 22.8. The first-order valence-corrected chi connectivity index (χ1v) is 9.45. The van der Waals surface area contributed by atoms with Gasteiger partial charge in [0.1, 0.15) is 6.42 Å². The minimum absolute atomic E-state index is 0.372. The first kappa shape index (κ1) is 18.1. The molecule has 3 aromatic carbocycles. The molecule has 5 nitrogen and oxygen atoms in total. The van der Waals surface area contributed by atoms with Gasteiger partial charge >= 0.3 is 0 Å². The summed E-state index contributed by atoms with van der Waals surface area (Å²) in [5.41, 5.74) is 1.86. The van der Waals surface area contributed by atoms with Gasteiger partial charge in [0.2, 0.25) is 11.8 Å². The molecule has 0 spiro atoms. The van der Waals surface area contributed by atoms with Gasteiger partial charge in [-0.1, -0.05) is 52.3 Å². The Bertz CT molecular complexity index is 1070. The van der Waals surface area contributed by atoms with E-state index in [0.717, 1.165) is 9.37 Å². The van der Waals surface area contributed by atoms with Gasteiger partial charge in [-0.2, -0.15) is 0 Å². The number of amides is 3. The molecular weight excluding hydrogens is 420 g/mol.